The molecule has 0 aliphatic rings. The SMILES string of the molecule is c1ccc(-c2ccc3c(c2)[nH]c2sc4c(c5cc6cnccc6cc5n4-c4ccccc4)c23)cc1. The molecule has 0 atom stereocenters. The van der Waals surface area contributed by atoms with Crippen molar-refractivity contribution in [3.8, 4) is 16.8 Å². The highest BCUT2D eigenvalue weighted by atomic mass is 32.1. The average Bonchev–Trinajstić information content (AvgIpc) is 3.54. The van der Waals surface area contributed by atoms with Gasteiger partial charge >= 0.3 is 0 Å². The first kappa shape index (κ1) is 19.0. The van der Waals surface area contributed by atoms with Crippen molar-refractivity contribution in [2.75, 3.05) is 0 Å². The van der Waals surface area contributed by atoms with E-state index < -0.39 is 0 Å². The first-order chi connectivity index (χ1) is 17.3. The summed E-state index contributed by atoms with van der Waals surface area (Å²) in [5.74, 6) is 0. The Kier molecular flexibility index (Phi) is 3.82. The van der Waals surface area contributed by atoms with Gasteiger partial charge in [0.1, 0.15) is 9.66 Å². The lowest BCUT2D eigenvalue weighted by molar-refractivity contribution is 1.20. The number of aromatic nitrogens is 3. The summed E-state index contributed by atoms with van der Waals surface area (Å²) in [6.07, 6.45) is 3.83. The van der Waals surface area contributed by atoms with Crippen molar-refractivity contribution in [2.24, 2.45) is 0 Å². The molecule has 1 N–H and O–H groups in total. The molecule has 0 spiro atoms. The van der Waals surface area contributed by atoms with E-state index in [0.29, 0.717) is 0 Å². The van der Waals surface area contributed by atoms with Crippen molar-refractivity contribution in [1.82, 2.24) is 14.5 Å². The number of benzene rings is 4. The second-order valence-electron chi connectivity index (χ2n) is 9.00. The van der Waals surface area contributed by atoms with E-state index in [2.05, 4.69) is 112 Å². The molecule has 0 bridgehead atoms. The molecule has 35 heavy (non-hydrogen) atoms. The van der Waals surface area contributed by atoms with Crippen LogP contribution in [-0.4, -0.2) is 14.5 Å². The highest BCUT2D eigenvalue weighted by Crippen LogP contribution is 2.46. The first-order valence-corrected chi connectivity index (χ1v) is 12.5. The van der Waals surface area contributed by atoms with Crippen molar-refractivity contribution in [1.29, 1.82) is 0 Å². The molecule has 0 aliphatic carbocycles. The number of fused-ring (bicyclic) bond motifs is 8. The number of thiophene rings is 1. The summed E-state index contributed by atoms with van der Waals surface area (Å²) < 4.78 is 2.41. The molecule has 0 radical (unpaired) electrons. The number of nitrogens with one attached hydrogen (secondary N) is 1. The van der Waals surface area contributed by atoms with Gasteiger partial charge < -0.3 is 9.55 Å². The molecule has 4 heterocycles. The maximum Gasteiger partial charge on any atom is 0.111 e. The third-order valence-electron chi connectivity index (χ3n) is 7.02. The minimum atomic E-state index is 1.16. The van der Waals surface area contributed by atoms with E-state index >= 15 is 0 Å². The van der Waals surface area contributed by atoms with Gasteiger partial charge in [-0.25, -0.2) is 0 Å². The van der Waals surface area contributed by atoms with Crippen LogP contribution in [0.2, 0.25) is 0 Å². The molecule has 4 aromatic carbocycles. The van der Waals surface area contributed by atoms with E-state index in [0.717, 1.165) is 5.39 Å². The Morgan fingerprint density at radius 2 is 1.51 bits per heavy atom. The lowest BCUT2D eigenvalue weighted by atomic mass is 10.0. The van der Waals surface area contributed by atoms with Crippen LogP contribution in [0.1, 0.15) is 0 Å². The zero-order valence-electron chi connectivity index (χ0n) is 18.7. The van der Waals surface area contributed by atoms with Crippen molar-refractivity contribution < 1.29 is 0 Å². The summed E-state index contributed by atoms with van der Waals surface area (Å²) >= 11 is 1.83. The highest BCUT2D eigenvalue weighted by molar-refractivity contribution is 7.25. The van der Waals surface area contributed by atoms with E-state index in [4.69, 9.17) is 0 Å². The Morgan fingerprint density at radius 1 is 0.686 bits per heavy atom. The van der Waals surface area contributed by atoms with Gasteiger partial charge in [0.25, 0.3) is 0 Å². The second-order valence-corrected chi connectivity index (χ2v) is 10.00. The summed E-state index contributed by atoms with van der Waals surface area (Å²) in [6, 6.07) is 34.7. The molecular weight excluding hydrogens is 446 g/mol. The highest BCUT2D eigenvalue weighted by Gasteiger charge is 2.21. The van der Waals surface area contributed by atoms with E-state index in [1.54, 1.807) is 0 Å². The van der Waals surface area contributed by atoms with Crippen molar-refractivity contribution in [3.05, 3.63) is 109 Å². The number of nitrogens with zero attached hydrogens (tertiary/aromatic N) is 2. The van der Waals surface area contributed by atoms with Gasteiger partial charge in [0.2, 0.25) is 0 Å². The van der Waals surface area contributed by atoms with Gasteiger partial charge in [0.05, 0.1) is 5.52 Å². The zero-order valence-corrected chi connectivity index (χ0v) is 19.5. The normalized spacial score (nSPS) is 12.0. The Labute approximate surface area is 204 Å². The van der Waals surface area contributed by atoms with Gasteiger partial charge in [-0.1, -0.05) is 72.0 Å². The molecule has 4 aromatic heterocycles. The van der Waals surface area contributed by atoms with Crippen LogP contribution < -0.4 is 0 Å². The molecule has 0 saturated carbocycles. The van der Waals surface area contributed by atoms with E-state index in [-0.39, 0.29) is 0 Å². The number of pyridine rings is 1. The number of aromatic amines is 1. The number of H-pyrrole nitrogens is 1. The van der Waals surface area contributed by atoms with Crippen LogP contribution in [0.5, 0.6) is 0 Å². The Hall–Kier alpha value is -4.41. The molecule has 0 aliphatic heterocycles. The number of para-hydroxylation sites is 1. The zero-order chi connectivity index (χ0) is 22.9. The monoisotopic (exact) mass is 465 g/mol. The molecule has 8 aromatic rings. The Balaban J connectivity index is 1.51. The van der Waals surface area contributed by atoms with Crippen LogP contribution in [-0.2, 0) is 0 Å². The van der Waals surface area contributed by atoms with Gasteiger partial charge in [-0.05, 0) is 52.9 Å². The second kappa shape index (κ2) is 7.05. The van der Waals surface area contributed by atoms with Crippen LogP contribution >= 0.6 is 11.3 Å². The predicted molar refractivity (Wildman–Crippen MR) is 149 cm³/mol. The summed E-state index contributed by atoms with van der Waals surface area (Å²) in [5.41, 5.74) is 6.05. The van der Waals surface area contributed by atoms with E-state index in [9.17, 15) is 0 Å². The number of hydrogen-bond donors (Lipinski definition) is 1. The van der Waals surface area contributed by atoms with E-state index in [1.807, 2.05) is 23.7 Å². The predicted octanol–water partition coefficient (Wildman–Crippen LogP) is 8.69. The quantitative estimate of drug-likeness (QED) is 0.272. The maximum atomic E-state index is 4.38. The minimum absolute atomic E-state index is 1.16. The standard InChI is InChI=1S/C31H19N3S/c1-3-7-19(8-4-1)20-11-12-24-26(16-20)33-30-28(24)29-25-15-22-18-32-14-13-21(22)17-27(25)34(31(29)35-30)23-9-5-2-6-10-23/h1-18,33H. The van der Waals surface area contributed by atoms with Gasteiger partial charge in [-0.2, -0.15) is 0 Å². The van der Waals surface area contributed by atoms with Crippen molar-refractivity contribution in [3.63, 3.8) is 0 Å². The molecule has 164 valence electrons. The third kappa shape index (κ3) is 2.69. The molecule has 4 heteroatoms. The lowest BCUT2D eigenvalue weighted by Crippen LogP contribution is -1.91. The van der Waals surface area contributed by atoms with Crippen LogP contribution in [0.4, 0.5) is 0 Å². The minimum Gasteiger partial charge on any atom is -0.346 e. The molecular formula is C31H19N3S. The van der Waals surface area contributed by atoms with Crippen LogP contribution in [0.25, 0.3) is 69.8 Å². The van der Waals surface area contributed by atoms with Crippen LogP contribution in [0.15, 0.2) is 109 Å². The van der Waals surface area contributed by atoms with Gasteiger partial charge in [0, 0.05) is 50.5 Å². The largest absolute Gasteiger partial charge is 0.346 e. The topological polar surface area (TPSA) is 33.6 Å². The number of hydrogen-bond acceptors (Lipinski definition) is 2. The molecule has 0 saturated heterocycles. The molecule has 0 amide bonds. The van der Waals surface area contributed by atoms with Gasteiger partial charge in [-0.15, -0.1) is 0 Å². The Bertz CT molecular complexity index is 2040. The van der Waals surface area contributed by atoms with Crippen molar-refractivity contribution in [2.45, 2.75) is 0 Å². The fourth-order valence-corrected chi connectivity index (χ4v) is 6.70. The lowest BCUT2D eigenvalue weighted by Gasteiger charge is -2.07. The summed E-state index contributed by atoms with van der Waals surface area (Å²) in [5, 5.41) is 7.53. The first-order valence-electron chi connectivity index (χ1n) is 11.7. The number of rotatable bonds is 2. The summed E-state index contributed by atoms with van der Waals surface area (Å²) in [7, 11) is 0. The Morgan fingerprint density at radius 3 is 2.37 bits per heavy atom. The molecule has 8 rings (SSSR count). The maximum absolute atomic E-state index is 4.38. The van der Waals surface area contributed by atoms with Crippen LogP contribution in [0, 0.1) is 0 Å². The molecule has 3 nitrogen and oxygen atoms in total. The fraction of sp³-hybridized carbons (Fsp3) is 0. The molecule has 0 fully saturated rings. The summed E-state index contributed by atoms with van der Waals surface area (Å²) in [6.45, 7) is 0. The smallest absolute Gasteiger partial charge is 0.111 e. The molecule has 0 unspecified atom stereocenters. The average molecular weight is 466 g/mol. The van der Waals surface area contributed by atoms with Gasteiger partial charge in [-0.3, -0.25) is 4.98 Å². The fourth-order valence-electron chi connectivity index (χ4n) is 5.42. The summed E-state index contributed by atoms with van der Waals surface area (Å²) in [4.78, 5) is 10.6. The van der Waals surface area contributed by atoms with Gasteiger partial charge in [0.15, 0.2) is 0 Å². The van der Waals surface area contributed by atoms with Crippen LogP contribution in [0.3, 0.4) is 0 Å². The third-order valence-corrected chi connectivity index (χ3v) is 8.11. The van der Waals surface area contributed by atoms with E-state index in [1.165, 1.54) is 64.4 Å². The van der Waals surface area contributed by atoms with Crippen molar-refractivity contribution >= 4 is 64.3 Å².